The van der Waals surface area contributed by atoms with E-state index in [0.717, 1.165) is 31.4 Å². The second-order valence-electron chi connectivity index (χ2n) is 2.79. The summed E-state index contributed by atoms with van der Waals surface area (Å²) in [7, 11) is 0. The van der Waals surface area contributed by atoms with Crippen LogP contribution in [-0.2, 0) is 6.54 Å². The van der Waals surface area contributed by atoms with Crippen LogP contribution in [0.3, 0.4) is 0 Å². The SMILES string of the molecule is CCCC[n+]1ccccc1C=O. The first-order valence-electron chi connectivity index (χ1n) is 4.32. The van der Waals surface area contributed by atoms with Crippen molar-refractivity contribution in [2.24, 2.45) is 0 Å². The van der Waals surface area contributed by atoms with Crippen LogP contribution in [0.4, 0.5) is 0 Å². The number of rotatable bonds is 4. The third-order valence-corrected chi connectivity index (χ3v) is 1.85. The van der Waals surface area contributed by atoms with E-state index in [-0.39, 0.29) is 0 Å². The van der Waals surface area contributed by atoms with E-state index >= 15 is 0 Å². The van der Waals surface area contributed by atoms with Crippen molar-refractivity contribution in [3.05, 3.63) is 30.1 Å². The topological polar surface area (TPSA) is 20.9 Å². The quantitative estimate of drug-likeness (QED) is 0.489. The lowest BCUT2D eigenvalue weighted by Crippen LogP contribution is -2.37. The largest absolute Gasteiger partial charge is 0.291 e. The summed E-state index contributed by atoms with van der Waals surface area (Å²) in [4.78, 5) is 10.6. The average Bonchev–Trinajstić information content (AvgIpc) is 2.15. The van der Waals surface area contributed by atoms with Crippen LogP contribution in [0.2, 0.25) is 0 Å². The minimum Gasteiger partial charge on any atom is -0.291 e. The van der Waals surface area contributed by atoms with Gasteiger partial charge in [-0.25, -0.2) is 0 Å². The Hall–Kier alpha value is -1.18. The van der Waals surface area contributed by atoms with Gasteiger partial charge in [0.05, 0.1) is 0 Å². The number of nitrogens with zero attached hydrogens (tertiary/aromatic N) is 1. The van der Waals surface area contributed by atoms with E-state index < -0.39 is 0 Å². The first-order valence-corrected chi connectivity index (χ1v) is 4.32. The molecule has 12 heavy (non-hydrogen) atoms. The lowest BCUT2D eigenvalue weighted by Gasteiger charge is -1.96. The molecule has 0 aliphatic rings. The standard InChI is InChI=1S/C10H14NO/c1-2-3-7-11-8-5-4-6-10(11)9-12/h4-6,8-9H,2-3,7H2,1H3/q+1. The molecule has 0 saturated heterocycles. The predicted octanol–water partition coefficient (Wildman–Crippen LogP) is 1.59. The molecular weight excluding hydrogens is 150 g/mol. The molecule has 1 rings (SSSR count). The van der Waals surface area contributed by atoms with Gasteiger partial charge in [0.25, 0.3) is 0 Å². The van der Waals surface area contributed by atoms with Gasteiger partial charge in [0.1, 0.15) is 6.54 Å². The molecule has 0 amide bonds. The van der Waals surface area contributed by atoms with Gasteiger partial charge in [-0.15, -0.1) is 0 Å². The summed E-state index contributed by atoms with van der Waals surface area (Å²) < 4.78 is 1.98. The van der Waals surface area contributed by atoms with Gasteiger partial charge in [-0.05, 0) is 6.07 Å². The van der Waals surface area contributed by atoms with Crippen molar-refractivity contribution in [3.8, 4) is 0 Å². The molecule has 0 saturated carbocycles. The average molecular weight is 164 g/mol. The first kappa shape index (κ1) is 8.91. The molecule has 0 aliphatic heterocycles. The zero-order chi connectivity index (χ0) is 8.81. The molecule has 0 aliphatic carbocycles. The lowest BCUT2D eigenvalue weighted by atomic mass is 10.3. The van der Waals surface area contributed by atoms with Gasteiger partial charge < -0.3 is 0 Å². The summed E-state index contributed by atoms with van der Waals surface area (Å²) in [6.07, 6.45) is 5.12. The second kappa shape index (κ2) is 4.65. The predicted molar refractivity (Wildman–Crippen MR) is 46.9 cm³/mol. The number of unbranched alkanes of at least 4 members (excludes halogenated alkanes) is 1. The zero-order valence-corrected chi connectivity index (χ0v) is 7.36. The maximum absolute atomic E-state index is 10.6. The number of aryl methyl sites for hydroxylation is 1. The number of pyridine rings is 1. The third kappa shape index (κ3) is 2.16. The van der Waals surface area contributed by atoms with E-state index in [9.17, 15) is 4.79 Å². The molecular formula is C10H14NO+. The molecule has 1 heterocycles. The molecule has 0 spiro atoms. The highest BCUT2D eigenvalue weighted by atomic mass is 16.1. The molecule has 1 aromatic rings. The monoisotopic (exact) mass is 164 g/mol. The molecule has 0 atom stereocenters. The Morgan fingerprint density at radius 3 is 3.00 bits per heavy atom. The van der Waals surface area contributed by atoms with Crippen molar-refractivity contribution in [2.75, 3.05) is 0 Å². The molecule has 2 heteroatoms. The van der Waals surface area contributed by atoms with E-state index in [0.29, 0.717) is 0 Å². The minimum atomic E-state index is 0.756. The Morgan fingerprint density at radius 1 is 1.50 bits per heavy atom. The smallest absolute Gasteiger partial charge is 0.245 e. The normalized spacial score (nSPS) is 9.75. The summed E-state index contributed by atoms with van der Waals surface area (Å²) in [5.41, 5.74) is 0.756. The maximum Gasteiger partial charge on any atom is 0.245 e. The fourth-order valence-electron chi connectivity index (χ4n) is 1.13. The van der Waals surface area contributed by atoms with Gasteiger partial charge >= 0.3 is 0 Å². The van der Waals surface area contributed by atoms with Gasteiger partial charge in [0, 0.05) is 18.6 Å². The molecule has 1 aromatic heterocycles. The lowest BCUT2D eigenvalue weighted by molar-refractivity contribution is -0.698. The highest BCUT2D eigenvalue weighted by molar-refractivity contribution is 5.69. The van der Waals surface area contributed by atoms with Crippen LogP contribution in [0.15, 0.2) is 24.4 Å². The number of carbonyl (C=O) groups excluding carboxylic acids is 1. The Balaban J connectivity index is 2.75. The Labute approximate surface area is 72.8 Å². The summed E-state index contributed by atoms with van der Waals surface area (Å²) >= 11 is 0. The van der Waals surface area contributed by atoms with Crippen molar-refractivity contribution in [1.29, 1.82) is 0 Å². The number of hydrogen-bond donors (Lipinski definition) is 0. The molecule has 0 N–H and O–H groups in total. The Morgan fingerprint density at radius 2 is 2.33 bits per heavy atom. The molecule has 64 valence electrons. The van der Waals surface area contributed by atoms with E-state index in [2.05, 4.69) is 6.92 Å². The molecule has 0 aromatic carbocycles. The first-order chi connectivity index (χ1) is 5.88. The summed E-state index contributed by atoms with van der Waals surface area (Å²) in [5.74, 6) is 0. The summed E-state index contributed by atoms with van der Waals surface area (Å²) in [6.45, 7) is 3.08. The van der Waals surface area contributed by atoms with Crippen LogP contribution in [0, 0.1) is 0 Å². The van der Waals surface area contributed by atoms with Crippen LogP contribution in [-0.4, -0.2) is 6.29 Å². The fraction of sp³-hybridized carbons (Fsp3) is 0.400. The Kier molecular flexibility index (Phi) is 3.45. The number of hydrogen-bond acceptors (Lipinski definition) is 1. The van der Waals surface area contributed by atoms with Gasteiger partial charge in [0.15, 0.2) is 6.20 Å². The van der Waals surface area contributed by atoms with Crippen LogP contribution in [0.1, 0.15) is 30.3 Å². The van der Waals surface area contributed by atoms with Crippen molar-refractivity contribution >= 4 is 6.29 Å². The summed E-state index contributed by atoms with van der Waals surface area (Å²) in [6, 6.07) is 5.66. The maximum atomic E-state index is 10.6. The van der Waals surface area contributed by atoms with Gasteiger partial charge in [-0.3, -0.25) is 4.79 Å². The van der Waals surface area contributed by atoms with Crippen molar-refractivity contribution in [3.63, 3.8) is 0 Å². The van der Waals surface area contributed by atoms with E-state index in [4.69, 9.17) is 0 Å². The van der Waals surface area contributed by atoms with Crippen LogP contribution >= 0.6 is 0 Å². The van der Waals surface area contributed by atoms with Crippen LogP contribution in [0.5, 0.6) is 0 Å². The van der Waals surface area contributed by atoms with E-state index in [1.54, 1.807) is 0 Å². The van der Waals surface area contributed by atoms with Gasteiger partial charge in [0.2, 0.25) is 12.0 Å². The van der Waals surface area contributed by atoms with Crippen molar-refractivity contribution in [1.82, 2.24) is 0 Å². The number of aromatic nitrogens is 1. The van der Waals surface area contributed by atoms with Crippen LogP contribution < -0.4 is 4.57 Å². The molecule has 0 unspecified atom stereocenters. The molecule has 0 fully saturated rings. The minimum absolute atomic E-state index is 0.756. The van der Waals surface area contributed by atoms with Crippen molar-refractivity contribution < 1.29 is 9.36 Å². The van der Waals surface area contributed by atoms with E-state index in [1.807, 2.05) is 29.0 Å². The van der Waals surface area contributed by atoms with Crippen molar-refractivity contribution in [2.45, 2.75) is 26.3 Å². The Bertz CT molecular complexity index is 258. The second-order valence-corrected chi connectivity index (χ2v) is 2.79. The third-order valence-electron chi connectivity index (χ3n) is 1.85. The van der Waals surface area contributed by atoms with Gasteiger partial charge in [-0.2, -0.15) is 4.57 Å². The molecule has 0 radical (unpaired) electrons. The number of aldehydes is 1. The zero-order valence-electron chi connectivity index (χ0n) is 7.36. The number of carbonyl (C=O) groups is 1. The molecule has 0 bridgehead atoms. The van der Waals surface area contributed by atoms with Crippen LogP contribution in [0.25, 0.3) is 0 Å². The summed E-state index contributed by atoms with van der Waals surface area (Å²) in [5, 5.41) is 0. The highest BCUT2D eigenvalue weighted by Crippen LogP contribution is 1.90. The highest BCUT2D eigenvalue weighted by Gasteiger charge is 2.05. The van der Waals surface area contributed by atoms with Gasteiger partial charge in [-0.1, -0.05) is 13.3 Å². The fourth-order valence-corrected chi connectivity index (χ4v) is 1.13. The molecule has 2 nitrogen and oxygen atoms in total. The van der Waals surface area contributed by atoms with E-state index in [1.165, 1.54) is 0 Å².